The van der Waals surface area contributed by atoms with Gasteiger partial charge in [0.15, 0.2) is 0 Å². The summed E-state index contributed by atoms with van der Waals surface area (Å²) in [5, 5.41) is 0. The molecule has 0 heterocycles. The van der Waals surface area contributed by atoms with Gasteiger partial charge in [-0.25, -0.2) is 4.79 Å². The smallest absolute Gasteiger partial charge is 0.338 e. The first-order chi connectivity index (χ1) is 7.86. The highest BCUT2D eigenvalue weighted by Gasteiger charge is 2.05. The molecule has 88 valence electrons. The van der Waals surface area contributed by atoms with E-state index in [9.17, 15) is 4.79 Å². The lowest BCUT2D eigenvalue weighted by molar-refractivity contribution is 0.0472. The first-order valence-corrected chi connectivity index (χ1v) is 5.12. The fourth-order valence-electron chi connectivity index (χ4n) is 1.38. The number of carbonyl (C=O) groups excluding carboxylic acids is 1. The summed E-state index contributed by atoms with van der Waals surface area (Å²) in [6, 6.07) is 18.6. The fraction of sp³-hybridized carbons (Fsp3) is 0.0714. The summed E-state index contributed by atoms with van der Waals surface area (Å²) in [7, 11) is 0. The van der Waals surface area contributed by atoms with Crippen LogP contribution in [-0.4, -0.2) is 5.97 Å². The van der Waals surface area contributed by atoms with Gasteiger partial charge in [0.25, 0.3) is 0 Å². The maximum absolute atomic E-state index is 11.6. The van der Waals surface area contributed by atoms with E-state index in [2.05, 4.69) is 0 Å². The van der Waals surface area contributed by atoms with Crippen LogP contribution in [0.5, 0.6) is 0 Å². The third-order valence-corrected chi connectivity index (χ3v) is 2.22. The highest BCUT2D eigenvalue weighted by Crippen LogP contribution is 2.05. The number of ether oxygens (including phenoxy) is 1. The van der Waals surface area contributed by atoms with Gasteiger partial charge in [0.1, 0.15) is 6.61 Å². The van der Waals surface area contributed by atoms with Crippen LogP contribution in [0.1, 0.15) is 15.9 Å². The number of carbonyl (C=O) groups is 1. The van der Waals surface area contributed by atoms with E-state index in [-0.39, 0.29) is 12.1 Å². The van der Waals surface area contributed by atoms with Crippen LogP contribution in [0.25, 0.3) is 0 Å². The Morgan fingerprint density at radius 2 is 1.41 bits per heavy atom. The molecule has 2 aromatic carbocycles. The van der Waals surface area contributed by atoms with Crippen LogP contribution < -0.4 is 6.15 Å². The van der Waals surface area contributed by atoms with Crippen molar-refractivity contribution in [1.82, 2.24) is 6.15 Å². The van der Waals surface area contributed by atoms with Crippen LogP contribution in [0, 0.1) is 0 Å². The third kappa shape index (κ3) is 3.74. The fourth-order valence-corrected chi connectivity index (χ4v) is 1.38. The van der Waals surface area contributed by atoms with Crippen molar-refractivity contribution in [2.24, 2.45) is 0 Å². The predicted molar refractivity (Wildman–Crippen MR) is 67.0 cm³/mol. The van der Waals surface area contributed by atoms with Gasteiger partial charge in [-0.05, 0) is 17.7 Å². The number of hydrogen-bond donors (Lipinski definition) is 1. The average Bonchev–Trinajstić information content (AvgIpc) is 2.38. The first-order valence-electron chi connectivity index (χ1n) is 5.12. The predicted octanol–water partition coefficient (Wildman–Crippen LogP) is 3.21. The molecule has 3 heteroatoms. The van der Waals surface area contributed by atoms with Crippen molar-refractivity contribution in [3.63, 3.8) is 0 Å². The van der Waals surface area contributed by atoms with E-state index in [1.165, 1.54) is 0 Å². The lowest BCUT2D eigenvalue weighted by Crippen LogP contribution is -2.04. The van der Waals surface area contributed by atoms with Gasteiger partial charge in [0.05, 0.1) is 5.56 Å². The van der Waals surface area contributed by atoms with E-state index in [0.717, 1.165) is 5.56 Å². The quantitative estimate of drug-likeness (QED) is 0.822. The Morgan fingerprint density at radius 3 is 2.00 bits per heavy atom. The lowest BCUT2D eigenvalue weighted by Gasteiger charge is -2.04. The van der Waals surface area contributed by atoms with E-state index < -0.39 is 0 Å². The number of esters is 1. The Balaban J connectivity index is 0.00000144. The molecule has 0 spiro atoms. The van der Waals surface area contributed by atoms with E-state index in [1.807, 2.05) is 48.5 Å². The Bertz CT molecular complexity index is 454. The number of hydrogen-bond acceptors (Lipinski definition) is 3. The van der Waals surface area contributed by atoms with Gasteiger partial charge in [-0.1, -0.05) is 48.5 Å². The van der Waals surface area contributed by atoms with Crippen molar-refractivity contribution in [1.29, 1.82) is 0 Å². The second-order valence-electron chi connectivity index (χ2n) is 3.43. The van der Waals surface area contributed by atoms with Gasteiger partial charge in [-0.15, -0.1) is 0 Å². The highest BCUT2D eigenvalue weighted by atomic mass is 16.5. The molecule has 0 fully saturated rings. The summed E-state index contributed by atoms with van der Waals surface area (Å²) in [6.45, 7) is 0.314. The minimum Gasteiger partial charge on any atom is -0.457 e. The molecule has 0 aromatic heterocycles. The van der Waals surface area contributed by atoms with Gasteiger partial charge < -0.3 is 10.9 Å². The molecule has 0 amide bonds. The van der Waals surface area contributed by atoms with Gasteiger partial charge in [-0.3, -0.25) is 0 Å². The zero-order chi connectivity index (χ0) is 11.2. The molecule has 0 saturated carbocycles. The molecule has 0 atom stereocenters. The van der Waals surface area contributed by atoms with E-state index in [4.69, 9.17) is 4.74 Å². The van der Waals surface area contributed by atoms with Crippen molar-refractivity contribution in [2.45, 2.75) is 6.61 Å². The molecule has 2 rings (SSSR count). The Hall–Kier alpha value is -2.13. The molecule has 0 unspecified atom stereocenters. The topological polar surface area (TPSA) is 61.3 Å². The molecule has 3 nitrogen and oxygen atoms in total. The highest BCUT2D eigenvalue weighted by molar-refractivity contribution is 5.89. The maximum atomic E-state index is 11.6. The molecule has 0 radical (unpaired) electrons. The SMILES string of the molecule is N.O=C(OCc1ccccc1)c1ccccc1. The van der Waals surface area contributed by atoms with Crippen LogP contribution >= 0.6 is 0 Å². The van der Waals surface area contributed by atoms with Crippen LogP contribution in [0.2, 0.25) is 0 Å². The molecule has 0 aliphatic carbocycles. The molecular formula is C14H15NO2. The van der Waals surface area contributed by atoms with Crippen LogP contribution in [0.15, 0.2) is 60.7 Å². The van der Waals surface area contributed by atoms with Crippen LogP contribution in [0.4, 0.5) is 0 Å². The summed E-state index contributed by atoms with van der Waals surface area (Å²) in [5.74, 6) is -0.288. The number of rotatable bonds is 3. The second kappa shape index (κ2) is 6.45. The van der Waals surface area contributed by atoms with Crippen molar-refractivity contribution in [3.05, 3.63) is 71.8 Å². The third-order valence-electron chi connectivity index (χ3n) is 2.22. The van der Waals surface area contributed by atoms with Crippen molar-refractivity contribution in [3.8, 4) is 0 Å². The zero-order valence-electron chi connectivity index (χ0n) is 9.50. The van der Waals surface area contributed by atoms with Crippen molar-refractivity contribution in [2.75, 3.05) is 0 Å². The Morgan fingerprint density at radius 1 is 0.882 bits per heavy atom. The molecule has 2 aromatic rings. The summed E-state index contributed by atoms with van der Waals surface area (Å²) < 4.78 is 5.18. The number of benzene rings is 2. The first kappa shape index (κ1) is 12.9. The van der Waals surface area contributed by atoms with Gasteiger partial charge in [0.2, 0.25) is 0 Å². The van der Waals surface area contributed by atoms with Crippen molar-refractivity contribution >= 4 is 5.97 Å². The van der Waals surface area contributed by atoms with Crippen LogP contribution in [0.3, 0.4) is 0 Å². The maximum Gasteiger partial charge on any atom is 0.338 e. The molecule has 3 N–H and O–H groups in total. The standard InChI is InChI=1S/C14H12O2.H3N/c15-14(13-9-5-2-6-10-13)16-11-12-7-3-1-4-8-12;/h1-10H,11H2;1H3. The van der Waals surface area contributed by atoms with E-state index >= 15 is 0 Å². The summed E-state index contributed by atoms with van der Waals surface area (Å²) in [5.41, 5.74) is 1.57. The summed E-state index contributed by atoms with van der Waals surface area (Å²) in [4.78, 5) is 11.6. The molecule has 0 saturated heterocycles. The molecule has 0 aliphatic heterocycles. The minimum atomic E-state index is -0.288. The normalized spacial score (nSPS) is 9.18. The van der Waals surface area contributed by atoms with Gasteiger partial charge in [-0.2, -0.15) is 0 Å². The largest absolute Gasteiger partial charge is 0.457 e. The molecule has 0 bridgehead atoms. The van der Waals surface area contributed by atoms with Gasteiger partial charge >= 0.3 is 5.97 Å². The lowest BCUT2D eigenvalue weighted by atomic mass is 10.2. The average molecular weight is 229 g/mol. The molecular weight excluding hydrogens is 214 g/mol. The van der Waals surface area contributed by atoms with E-state index in [1.54, 1.807) is 12.1 Å². The minimum absolute atomic E-state index is 0. The summed E-state index contributed by atoms with van der Waals surface area (Å²) in [6.07, 6.45) is 0. The van der Waals surface area contributed by atoms with Gasteiger partial charge in [0, 0.05) is 0 Å². The monoisotopic (exact) mass is 229 g/mol. The Kier molecular flexibility index (Phi) is 4.91. The van der Waals surface area contributed by atoms with Crippen LogP contribution in [-0.2, 0) is 11.3 Å². The molecule has 17 heavy (non-hydrogen) atoms. The Labute approximate surface area is 101 Å². The second-order valence-corrected chi connectivity index (χ2v) is 3.43. The van der Waals surface area contributed by atoms with E-state index in [0.29, 0.717) is 12.2 Å². The summed E-state index contributed by atoms with van der Waals surface area (Å²) >= 11 is 0. The van der Waals surface area contributed by atoms with Crippen molar-refractivity contribution < 1.29 is 9.53 Å². The molecule has 0 aliphatic rings. The zero-order valence-corrected chi connectivity index (χ0v) is 9.50.